The fraction of sp³-hybridized carbons (Fsp3) is 0.273. The number of para-hydroxylation sites is 2. The van der Waals surface area contributed by atoms with Crippen LogP contribution in [-0.2, 0) is 30.3 Å². The average molecular weight is 482 g/mol. The Balaban J connectivity index is 1.23. The Labute approximate surface area is 196 Å². The summed E-state index contributed by atoms with van der Waals surface area (Å²) in [5.41, 5.74) is 0.625. The predicted octanol–water partition coefficient (Wildman–Crippen LogP) is 0.929. The average Bonchev–Trinajstić information content (AvgIpc) is 3.54. The van der Waals surface area contributed by atoms with Gasteiger partial charge >= 0.3 is 11.9 Å². The lowest BCUT2D eigenvalue weighted by Crippen LogP contribution is -2.35. The molecule has 1 aromatic heterocycles. The molecule has 2 aliphatic rings. The van der Waals surface area contributed by atoms with Gasteiger partial charge in [-0.05, 0) is 18.2 Å². The molecule has 0 aliphatic carbocycles. The summed E-state index contributed by atoms with van der Waals surface area (Å²) in [6.07, 6.45) is -4.60. The largest absolute Gasteiger partial charge is 0.454 e. The highest BCUT2D eigenvalue weighted by Gasteiger charge is 2.59. The fourth-order valence-electron chi connectivity index (χ4n) is 3.85. The highest BCUT2D eigenvalue weighted by Crippen LogP contribution is 2.34. The number of aliphatic hydroxyl groups is 1. The number of hydrogen-bond acceptors (Lipinski definition) is 11. The maximum atomic E-state index is 12.4. The van der Waals surface area contributed by atoms with Crippen LogP contribution in [-0.4, -0.2) is 67.7 Å². The number of nitro groups is 1. The van der Waals surface area contributed by atoms with E-state index in [2.05, 4.69) is 10.3 Å². The van der Waals surface area contributed by atoms with Crippen molar-refractivity contribution < 1.29 is 38.6 Å². The van der Waals surface area contributed by atoms with Crippen LogP contribution in [0.25, 0.3) is 5.69 Å². The topological polar surface area (TPSA) is 165 Å². The summed E-state index contributed by atoms with van der Waals surface area (Å²) >= 11 is 0. The highest BCUT2D eigenvalue weighted by atomic mass is 16.7. The van der Waals surface area contributed by atoms with Gasteiger partial charge in [-0.3, -0.25) is 10.1 Å². The van der Waals surface area contributed by atoms with E-state index in [4.69, 9.17) is 18.9 Å². The van der Waals surface area contributed by atoms with Gasteiger partial charge in [0.2, 0.25) is 6.10 Å². The molecule has 2 fully saturated rings. The lowest BCUT2D eigenvalue weighted by atomic mass is 10.1. The Morgan fingerprint density at radius 3 is 2.66 bits per heavy atom. The van der Waals surface area contributed by atoms with Crippen LogP contribution in [0.1, 0.15) is 16.1 Å². The molecule has 35 heavy (non-hydrogen) atoms. The maximum Gasteiger partial charge on any atom is 0.350 e. The number of aromatic nitrogens is 3. The Kier molecular flexibility index (Phi) is 5.94. The lowest BCUT2D eigenvalue weighted by Gasteiger charge is -2.18. The number of benzene rings is 2. The Bertz CT molecular complexity index is 1260. The molecule has 13 nitrogen and oxygen atoms in total. The van der Waals surface area contributed by atoms with Crippen LogP contribution in [0.4, 0.5) is 5.69 Å². The first kappa shape index (κ1) is 22.6. The number of ether oxygens (including phenoxy) is 4. The van der Waals surface area contributed by atoms with Crippen molar-refractivity contribution in [1.29, 1.82) is 0 Å². The molecule has 2 aromatic carbocycles. The minimum atomic E-state index is -1.37. The van der Waals surface area contributed by atoms with Gasteiger partial charge < -0.3 is 24.1 Å². The zero-order chi connectivity index (χ0) is 24.5. The smallest absolute Gasteiger partial charge is 0.350 e. The lowest BCUT2D eigenvalue weighted by molar-refractivity contribution is -0.384. The van der Waals surface area contributed by atoms with E-state index in [0.717, 1.165) is 0 Å². The molecule has 0 saturated carbocycles. The van der Waals surface area contributed by atoms with E-state index in [1.165, 1.54) is 41.2 Å². The van der Waals surface area contributed by atoms with E-state index in [9.17, 15) is 24.8 Å². The van der Waals surface area contributed by atoms with Crippen LogP contribution in [0.15, 0.2) is 60.8 Å². The SMILES string of the molecule is O=C(O[C@H]1C(=O)O[C@H]2[C@H](O)[C@@H](OCc3cn(-c4ccccc4[N+](=O)[O-])nn3)O[C@H]21)c1ccccc1. The van der Waals surface area contributed by atoms with Gasteiger partial charge in [-0.15, -0.1) is 5.10 Å². The van der Waals surface area contributed by atoms with Crippen LogP contribution in [0.2, 0.25) is 0 Å². The van der Waals surface area contributed by atoms with Crippen LogP contribution >= 0.6 is 0 Å². The van der Waals surface area contributed by atoms with Crippen LogP contribution in [0, 0.1) is 10.1 Å². The molecule has 2 saturated heterocycles. The van der Waals surface area contributed by atoms with E-state index in [-0.39, 0.29) is 23.5 Å². The second-order valence-corrected chi connectivity index (χ2v) is 7.76. The fourth-order valence-corrected chi connectivity index (χ4v) is 3.85. The van der Waals surface area contributed by atoms with Gasteiger partial charge in [-0.1, -0.05) is 35.5 Å². The third-order valence-electron chi connectivity index (χ3n) is 5.52. The number of carbonyl (C=O) groups is 2. The van der Waals surface area contributed by atoms with E-state index >= 15 is 0 Å². The van der Waals surface area contributed by atoms with E-state index in [1.54, 1.807) is 24.3 Å². The molecule has 3 aromatic rings. The summed E-state index contributed by atoms with van der Waals surface area (Å²) in [6.45, 7) is -0.162. The van der Waals surface area contributed by atoms with Gasteiger partial charge in [0.15, 0.2) is 12.4 Å². The standard InChI is InChI=1S/C22H18N4O9/c27-16-17-18(19(21(29)33-17)34-20(28)12-6-2-1-3-7-12)35-22(16)32-11-13-10-25(24-23-13)14-8-4-5-9-15(14)26(30)31/h1-10,16-19,22,27H,11H2/t16-,17-,18+,19+,22-/m0/s1. The molecule has 1 N–H and O–H groups in total. The first-order valence-corrected chi connectivity index (χ1v) is 10.5. The molecular weight excluding hydrogens is 464 g/mol. The maximum absolute atomic E-state index is 12.4. The van der Waals surface area contributed by atoms with Crippen LogP contribution in [0.3, 0.4) is 0 Å². The zero-order valence-corrected chi connectivity index (χ0v) is 17.9. The summed E-state index contributed by atoms with van der Waals surface area (Å²) in [4.78, 5) is 35.3. The summed E-state index contributed by atoms with van der Waals surface area (Å²) in [5.74, 6) is -1.56. The minimum absolute atomic E-state index is 0.148. The summed E-state index contributed by atoms with van der Waals surface area (Å²) in [7, 11) is 0. The van der Waals surface area contributed by atoms with Gasteiger partial charge in [0.1, 0.15) is 23.6 Å². The van der Waals surface area contributed by atoms with Crippen LogP contribution < -0.4 is 0 Å². The minimum Gasteiger partial charge on any atom is -0.454 e. The van der Waals surface area contributed by atoms with Crippen molar-refractivity contribution in [3.8, 4) is 5.69 Å². The molecule has 0 radical (unpaired) electrons. The molecule has 2 aliphatic heterocycles. The van der Waals surface area contributed by atoms with Crippen molar-refractivity contribution >= 4 is 17.6 Å². The molecule has 5 atom stereocenters. The molecular formula is C22H18N4O9. The molecule has 3 heterocycles. The first-order chi connectivity index (χ1) is 16.9. The number of aliphatic hydroxyl groups excluding tert-OH is 1. The van der Waals surface area contributed by atoms with Crippen LogP contribution in [0.5, 0.6) is 0 Å². The second-order valence-electron chi connectivity index (χ2n) is 7.76. The van der Waals surface area contributed by atoms with Gasteiger partial charge in [0.25, 0.3) is 5.69 Å². The first-order valence-electron chi connectivity index (χ1n) is 10.5. The number of nitro benzene ring substituents is 1. The van der Waals surface area contributed by atoms with Crippen molar-refractivity contribution in [2.24, 2.45) is 0 Å². The Morgan fingerprint density at radius 2 is 1.89 bits per heavy atom. The Morgan fingerprint density at radius 1 is 1.14 bits per heavy atom. The molecule has 0 bridgehead atoms. The highest BCUT2D eigenvalue weighted by molar-refractivity contribution is 5.92. The molecule has 0 amide bonds. The summed E-state index contributed by atoms with van der Waals surface area (Å²) in [6, 6.07) is 14.1. The molecule has 5 rings (SSSR count). The number of hydrogen-bond donors (Lipinski definition) is 1. The van der Waals surface area contributed by atoms with Gasteiger partial charge in [-0.25, -0.2) is 14.3 Å². The Hall–Kier alpha value is -4.20. The second kappa shape index (κ2) is 9.21. The number of nitrogens with zero attached hydrogens (tertiary/aromatic N) is 4. The molecule has 0 spiro atoms. The zero-order valence-electron chi connectivity index (χ0n) is 17.9. The predicted molar refractivity (Wildman–Crippen MR) is 113 cm³/mol. The normalized spacial score (nSPS) is 25.2. The van der Waals surface area contributed by atoms with Crippen molar-refractivity contribution in [3.63, 3.8) is 0 Å². The van der Waals surface area contributed by atoms with Crippen molar-refractivity contribution in [2.75, 3.05) is 0 Å². The van der Waals surface area contributed by atoms with Gasteiger partial charge in [0, 0.05) is 6.07 Å². The van der Waals surface area contributed by atoms with Crippen molar-refractivity contribution in [1.82, 2.24) is 15.0 Å². The quantitative estimate of drug-likeness (QED) is 0.289. The monoisotopic (exact) mass is 482 g/mol. The van der Waals surface area contributed by atoms with Gasteiger partial charge in [-0.2, -0.15) is 0 Å². The third kappa shape index (κ3) is 4.35. The van der Waals surface area contributed by atoms with Crippen molar-refractivity contribution in [3.05, 3.63) is 82.2 Å². The van der Waals surface area contributed by atoms with E-state index in [0.29, 0.717) is 5.69 Å². The van der Waals surface area contributed by atoms with E-state index < -0.39 is 47.6 Å². The van der Waals surface area contributed by atoms with Crippen molar-refractivity contribution in [2.45, 2.75) is 37.3 Å². The molecule has 0 unspecified atom stereocenters. The third-order valence-corrected chi connectivity index (χ3v) is 5.52. The van der Waals surface area contributed by atoms with E-state index in [1.807, 2.05) is 0 Å². The number of esters is 2. The summed E-state index contributed by atoms with van der Waals surface area (Å²) in [5, 5.41) is 29.6. The number of rotatable bonds is 7. The number of fused-ring (bicyclic) bond motifs is 1. The molecule has 13 heteroatoms. The summed E-state index contributed by atoms with van der Waals surface area (Å²) < 4.78 is 22.9. The van der Waals surface area contributed by atoms with Gasteiger partial charge in [0.05, 0.1) is 23.3 Å². The molecule has 180 valence electrons. The number of carbonyl (C=O) groups excluding carboxylic acids is 2.